The second kappa shape index (κ2) is 9.83. The second-order valence-electron chi connectivity index (χ2n) is 6.54. The maximum atomic E-state index is 2.70. The van der Waals surface area contributed by atoms with E-state index in [9.17, 15) is 0 Å². The molecule has 0 aromatic heterocycles. The summed E-state index contributed by atoms with van der Waals surface area (Å²) in [7, 11) is 0. The van der Waals surface area contributed by atoms with E-state index in [1.54, 1.807) is 0 Å². The van der Waals surface area contributed by atoms with Gasteiger partial charge in [0.25, 0.3) is 0 Å². The van der Waals surface area contributed by atoms with Crippen molar-refractivity contribution in [3.63, 3.8) is 0 Å². The van der Waals surface area contributed by atoms with Gasteiger partial charge in [-0.3, -0.25) is 0 Å². The van der Waals surface area contributed by atoms with Gasteiger partial charge in [0.2, 0.25) is 0 Å². The Balaban J connectivity index is 1.91. The molecule has 108 valence electrons. The van der Waals surface area contributed by atoms with E-state index in [0.717, 1.165) is 11.8 Å². The molecular weight excluding hydrogens is 218 g/mol. The van der Waals surface area contributed by atoms with Crippen LogP contribution in [0.2, 0.25) is 0 Å². The Morgan fingerprint density at radius 1 is 0.889 bits per heavy atom. The molecule has 1 saturated heterocycles. The van der Waals surface area contributed by atoms with Crippen LogP contribution in [-0.4, -0.2) is 24.5 Å². The van der Waals surface area contributed by atoms with Gasteiger partial charge in [-0.1, -0.05) is 59.3 Å². The maximum absolute atomic E-state index is 2.70. The van der Waals surface area contributed by atoms with Crippen molar-refractivity contribution in [2.45, 2.75) is 78.6 Å². The molecule has 1 nitrogen and oxygen atoms in total. The Labute approximate surface area is 115 Å². The van der Waals surface area contributed by atoms with E-state index in [2.05, 4.69) is 25.7 Å². The van der Waals surface area contributed by atoms with Crippen molar-refractivity contribution in [3.05, 3.63) is 0 Å². The predicted molar refractivity (Wildman–Crippen MR) is 82.0 cm³/mol. The normalized spacial score (nSPS) is 18.7. The number of hydrogen-bond acceptors (Lipinski definition) is 1. The molecule has 0 amide bonds. The summed E-state index contributed by atoms with van der Waals surface area (Å²) < 4.78 is 0. The molecule has 0 N–H and O–H groups in total. The summed E-state index contributed by atoms with van der Waals surface area (Å²) in [4.78, 5) is 2.70. The lowest BCUT2D eigenvalue weighted by Crippen LogP contribution is -2.35. The third kappa shape index (κ3) is 6.78. The summed E-state index contributed by atoms with van der Waals surface area (Å²) in [5.41, 5.74) is 0. The molecule has 1 rings (SSSR count). The Hall–Kier alpha value is -0.0400. The van der Waals surface area contributed by atoms with Crippen molar-refractivity contribution in [1.82, 2.24) is 4.90 Å². The number of rotatable bonds is 9. The fourth-order valence-electron chi connectivity index (χ4n) is 3.14. The van der Waals surface area contributed by atoms with Crippen LogP contribution in [0.15, 0.2) is 0 Å². The molecule has 0 aromatic carbocycles. The molecule has 0 radical (unpaired) electrons. The van der Waals surface area contributed by atoms with E-state index in [1.807, 2.05) is 0 Å². The standard InChI is InChI=1S/C17H35N/c1-4-5-6-7-8-9-10-13-18-14-11-17(12-15-18)16(2)3/h16-17H,4-15H2,1-3H3. The first-order valence-electron chi connectivity index (χ1n) is 8.46. The fraction of sp³-hybridized carbons (Fsp3) is 1.00. The molecule has 0 atom stereocenters. The number of unbranched alkanes of at least 4 members (excludes halogenated alkanes) is 6. The highest BCUT2D eigenvalue weighted by Crippen LogP contribution is 2.24. The molecule has 0 unspecified atom stereocenters. The van der Waals surface area contributed by atoms with Gasteiger partial charge in [-0.05, 0) is 50.7 Å². The Kier molecular flexibility index (Phi) is 8.75. The summed E-state index contributed by atoms with van der Waals surface area (Å²) in [6.07, 6.45) is 12.9. The smallest absolute Gasteiger partial charge is 0.00160 e. The third-order valence-corrected chi connectivity index (χ3v) is 4.65. The van der Waals surface area contributed by atoms with Crippen molar-refractivity contribution in [2.24, 2.45) is 11.8 Å². The third-order valence-electron chi connectivity index (χ3n) is 4.65. The van der Waals surface area contributed by atoms with Crippen LogP contribution in [0, 0.1) is 11.8 Å². The molecule has 18 heavy (non-hydrogen) atoms. The molecule has 0 aliphatic carbocycles. The van der Waals surface area contributed by atoms with Gasteiger partial charge in [0.15, 0.2) is 0 Å². The van der Waals surface area contributed by atoms with Gasteiger partial charge in [0.05, 0.1) is 0 Å². The summed E-state index contributed by atoms with van der Waals surface area (Å²) in [6.45, 7) is 11.1. The van der Waals surface area contributed by atoms with Gasteiger partial charge in [0, 0.05) is 0 Å². The van der Waals surface area contributed by atoms with Crippen molar-refractivity contribution >= 4 is 0 Å². The van der Waals surface area contributed by atoms with E-state index in [4.69, 9.17) is 0 Å². The van der Waals surface area contributed by atoms with Gasteiger partial charge >= 0.3 is 0 Å². The lowest BCUT2D eigenvalue weighted by Gasteiger charge is -2.33. The molecule has 0 bridgehead atoms. The lowest BCUT2D eigenvalue weighted by molar-refractivity contribution is 0.155. The minimum absolute atomic E-state index is 0.894. The molecule has 1 aliphatic heterocycles. The second-order valence-corrected chi connectivity index (χ2v) is 6.54. The average molecular weight is 253 g/mol. The highest BCUT2D eigenvalue weighted by atomic mass is 15.1. The van der Waals surface area contributed by atoms with Crippen LogP contribution < -0.4 is 0 Å². The highest BCUT2D eigenvalue weighted by molar-refractivity contribution is 4.74. The minimum atomic E-state index is 0.894. The van der Waals surface area contributed by atoms with Gasteiger partial charge < -0.3 is 4.90 Å². The summed E-state index contributed by atoms with van der Waals surface area (Å²) >= 11 is 0. The first kappa shape index (κ1) is 16.0. The Morgan fingerprint density at radius 2 is 1.44 bits per heavy atom. The lowest BCUT2D eigenvalue weighted by atomic mass is 9.87. The first-order valence-corrected chi connectivity index (χ1v) is 8.46. The van der Waals surface area contributed by atoms with Crippen molar-refractivity contribution < 1.29 is 0 Å². The van der Waals surface area contributed by atoms with Crippen LogP contribution in [0.1, 0.15) is 78.6 Å². The molecule has 1 heteroatoms. The number of piperidine rings is 1. The zero-order valence-electron chi connectivity index (χ0n) is 13.1. The summed E-state index contributed by atoms with van der Waals surface area (Å²) in [5.74, 6) is 1.89. The molecule has 1 fully saturated rings. The Bertz CT molecular complexity index is 180. The average Bonchev–Trinajstić information content (AvgIpc) is 2.38. The van der Waals surface area contributed by atoms with Gasteiger partial charge in [-0.15, -0.1) is 0 Å². The van der Waals surface area contributed by atoms with E-state index >= 15 is 0 Å². The first-order chi connectivity index (χ1) is 8.74. The van der Waals surface area contributed by atoms with E-state index in [1.165, 1.54) is 77.4 Å². The van der Waals surface area contributed by atoms with Gasteiger partial charge in [0.1, 0.15) is 0 Å². The van der Waals surface area contributed by atoms with Crippen LogP contribution in [-0.2, 0) is 0 Å². The topological polar surface area (TPSA) is 3.24 Å². The monoisotopic (exact) mass is 253 g/mol. The number of nitrogens with zero attached hydrogens (tertiary/aromatic N) is 1. The molecule has 0 spiro atoms. The predicted octanol–water partition coefficient (Wildman–Crippen LogP) is 5.11. The van der Waals surface area contributed by atoms with Crippen LogP contribution in [0.4, 0.5) is 0 Å². The van der Waals surface area contributed by atoms with Crippen molar-refractivity contribution in [2.75, 3.05) is 19.6 Å². The van der Waals surface area contributed by atoms with E-state index in [0.29, 0.717) is 0 Å². The van der Waals surface area contributed by atoms with E-state index in [-0.39, 0.29) is 0 Å². The fourth-order valence-corrected chi connectivity index (χ4v) is 3.14. The maximum Gasteiger partial charge on any atom is -0.00160 e. The van der Waals surface area contributed by atoms with Crippen LogP contribution in [0.3, 0.4) is 0 Å². The Morgan fingerprint density at radius 3 is 2.00 bits per heavy atom. The van der Waals surface area contributed by atoms with Crippen LogP contribution in [0.5, 0.6) is 0 Å². The highest BCUT2D eigenvalue weighted by Gasteiger charge is 2.20. The van der Waals surface area contributed by atoms with Crippen molar-refractivity contribution in [3.8, 4) is 0 Å². The zero-order valence-corrected chi connectivity index (χ0v) is 13.1. The van der Waals surface area contributed by atoms with E-state index < -0.39 is 0 Å². The largest absolute Gasteiger partial charge is 0.303 e. The molecule has 1 heterocycles. The van der Waals surface area contributed by atoms with Gasteiger partial charge in [-0.25, -0.2) is 0 Å². The van der Waals surface area contributed by atoms with Crippen molar-refractivity contribution in [1.29, 1.82) is 0 Å². The van der Waals surface area contributed by atoms with Crippen LogP contribution in [0.25, 0.3) is 0 Å². The number of likely N-dealkylation sites (tertiary alicyclic amines) is 1. The van der Waals surface area contributed by atoms with Gasteiger partial charge in [-0.2, -0.15) is 0 Å². The minimum Gasteiger partial charge on any atom is -0.303 e. The molecule has 0 saturated carbocycles. The summed E-state index contributed by atoms with van der Waals surface area (Å²) in [5, 5.41) is 0. The SMILES string of the molecule is CCCCCCCCCN1CCC(C(C)C)CC1. The molecule has 0 aromatic rings. The quantitative estimate of drug-likeness (QED) is 0.516. The van der Waals surface area contributed by atoms with Crippen LogP contribution >= 0.6 is 0 Å². The summed E-state index contributed by atoms with van der Waals surface area (Å²) in [6, 6.07) is 0. The zero-order chi connectivity index (χ0) is 13.2. The number of hydrogen-bond donors (Lipinski definition) is 0. The molecule has 1 aliphatic rings. The molecular formula is C17H35N.